The smallest absolute Gasteiger partial charge is 0.331 e. The zero-order valence-electron chi connectivity index (χ0n) is 61.2. The van der Waals surface area contributed by atoms with Crippen molar-refractivity contribution < 1.29 is 103 Å². The van der Waals surface area contributed by atoms with Crippen molar-refractivity contribution in [3.63, 3.8) is 0 Å². The van der Waals surface area contributed by atoms with Gasteiger partial charge in [0.05, 0.1) is 11.6 Å². The standard InChI is InChI=1S/C63H99F5N16O17/c1-26(69)40(85)77-56(9,10)48(93)70-27(2)41(86)78-57(11,12)49(94)71-28(3)42(87)79-58(13,14)50(95)72-29(4)43(88)80-59(15,16)51(96)73-30(5)44(89)81-60(17,18)52(97)74-31(6)45(90)82-61(19,20)53(98)75-32(7)46(91)83-62(21,22)54(99)76-33(8)47(92)84-63(23,24)55(100)101-25-34-35(64)37(66)39(68)38(67)36(34)65/h26-33H,25,69H2,1-24H3,(H,70,93)(H,71,94)(H,72,95)(H,73,96)(H,74,97)(H,75,98)(H,76,99)(H,77,85)(H,78,86)(H,79,87)(H,80,88)(H,81,89)(H,82,90)(H,83,91)(H,84,92)/t26-,27-,28-,29-,30-,31-,32-,33-/m0/s1. The Morgan fingerprint density at radius 2 is 0.426 bits per heavy atom. The number of carbonyl (C=O) groups excluding carboxylic acids is 16. The zero-order valence-corrected chi connectivity index (χ0v) is 61.2. The van der Waals surface area contributed by atoms with E-state index < -0.39 is 228 Å². The molecule has 568 valence electrons. The molecule has 0 heterocycles. The van der Waals surface area contributed by atoms with Crippen LogP contribution in [0.2, 0.25) is 0 Å². The van der Waals surface area contributed by atoms with Crippen LogP contribution in [0.1, 0.15) is 172 Å². The fourth-order valence-electron chi connectivity index (χ4n) is 7.98. The Morgan fingerprint density at radius 3 is 0.594 bits per heavy atom. The molecule has 0 fully saturated rings. The van der Waals surface area contributed by atoms with E-state index in [4.69, 9.17) is 10.5 Å². The van der Waals surface area contributed by atoms with Gasteiger partial charge in [0.25, 0.3) is 0 Å². The molecular formula is C63H99F5N16O17. The summed E-state index contributed by atoms with van der Waals surface area (Å²) in [5.41, 5.74) is -9.89. The minimum atomic E-state index is -2.43. The Hall–Kier alpha value is -9.65. The lowest BCUT2D eigenvalue weighted by Gasteiger charge is -2.32. The van der Waals surface area contributed by atoms with E-state index in [9.17, 15) is 98.7 Å². The van der Waals surface area contributed by atoms with Crippen molar-refractivity contribution in [3.05, 3.63) is 34.6 Å². The highest BCUT2D eigenvalue weighted by Crippen LogP contribution is 2.25. The second kappa shape index (κ2) is 34.1. The van der Waals surface area contributed by atoms with Gasteiger partial charge in [0.2, 0.25) is 94.4 Å². The summed E-state index contributed by atoms with van der Waals surface area (Å²) in [7, 11) is 0. The van der Waals surface area contributed by atoms with Gasteiger partial charge in [-0.25, -0.2) is 26.7 Å². The van der Waals surface area contributed by atoms with Crippen molar-refractivity contribution in [3.8, 4) is 0 Å². The highest BCUT2D eigenvalue weighted by atomic mass is 19.2. The quantitative estimate of drug-likeness (QED) is 0.0149. The van der Waals surface area contributed by atoms with E-state index >= 15 is 0 Å². The van der Waals surface area contributed by atoms with Gasteiger partial charge in [-0.15, -0.1) is 0 Å². The van der Waals surface area contributed by atoms with Crippen LogP contribution >= 0.6 is 0 Å². The number of amides is 15. The van der Waals surface area contributed by atoms with Crippen molar-refractivity contribution in [1.29, 1.82) is 0 Å². The number of benzene rings is 1. The van der Waals surface area contributed by atoms with Crippen molar-refractivity contribution in [1.82, 2.24) is 79.8 Å². The molecule has 1 aromatic carbocycles. The fourth-order valence-corrected chi connectivity index (χ4v) is 7.98. The topological polar surface area (TPSA) is 489 Å². The summed E-state index contributed by atoms with van der Waals surface area (Å²) >= 11 is 0. The number of hydrogen-bond acceptors (Lipinski definition) is 18. The first-order valence-electron chi connectivity index (χ1n) is 31.6. The fraction of sp³-hybridized carbons (Fsp3) is 0.651. The highest BCUT2D eigenvalue weighted by Gasteiger charge is 2.43. The molecule has 17 N–H and O–H groups in total. The van der Waals surface area contributed by atoms with Gasteiger partial charge in [-0.3, -0.25) is 71.9 Å². The van der Waals surface area contributed by atoms with E-state index in [1.807, 2.05) is 0 Å². The lowest BCUT2D eigenvalue weighted by molar-refractivity contribution is -0.154. The van der Waals surface area contributed by atoms with Crippen LogP contribution in [0.5, 0.6) is 0 Å². The molecule has 0 aromatic heterocycles. The second-order valence-electron chi connectivity index (χ2n) is 28.7. The first-order valence-corrected chi connectivity index (χ1v) is 31.6. The number of carbonyl (C=O) groups is 16. The molecule has 8 atom stereocenters. The van der Waals surface area contributed by atoms with Crippen molar-refractivity contribution in [2.24, 2.45) is 5.73 Å². The Labute approximate surface area is 581 Å². The van der Waals surface area contributed by atoms with Crippen molar-refractivity contribution in [2.75, 3.05) is 0 Å². The van der Waals surface area contributed by atoms with Crippen molar-refractivity contribution in [2.45, 2.75) is 265 Å². The summed E-state index contributed by atoms with van der Waals surface area (Å²) < 4.78 is 73.7. The van der Waals surface area contributed by atoms with Crippen LogP contribution in [0.4, 0.5) is 22.0 Å². The molecule has 0 bridgehead atoms. The predicted octanol–water partition coefficient (Wildman–Crippen LogP) is -2.54. The molecule has 101 heavy (non-hydrogen) atoms. The number of hydrogen-bond donors (Lipinski definition) is 16. The van der Waals surface area contributed by atoms with Crippen LogP contribution in [0.3, 0.4) is 0 Å². The molecule has 1 aromatic rings. The van der Waals surface area contributed by atoms with Gasteiger partial charge >= 0.3 is 5.97 Å². The number of ether oxygens (including phenoxy) is 1. The van der Waals surface area contributed by atoms with Gasteiger partial charge in [-0.05, 0) is 166 Å². The molecule has 0 unspecified atom stereocenters. The lowest BCUT2D eigenvalue weighted by atomic mass is 10.0. The van der Waals surface area contributed by atoms with E-state index in [1.54, 1.807) is 0 Å². The predicted molar refractivity (Wildman–Crippen MR) is 351 cm³/mol. The number of nitrogens with one attached hydrogen (secondary N) is 15. The minimum Gasteiger partial charge on any atom is -0.459 e. The maximum Gasteiger partial charge on any atom is 0.331 e. The molecule has 1 rings (SSSR count). The van der Waals surface area contributed by atoms with Crippen LogP contribution in [-0.2, 0) is 88.1 Å². The second-order valence-corrected chi connectivity index (χ2v) is 28.7. The van der Waals surface area contributed by atoms with Gasteiger partial charge in [0.1, 0.15) is 93.2 Å². The average molecular weight is 1450 g/mol. The monoisotopic (exact) mass is 1450 g/mol. The lowest BCUT2D eigenvalue weighted by Crippen LogP contribution is -2.65. The van der Waals surface area contributed by atoms with E-state index in [2.05, 4.69) is 79.8 Å². The van der Waals surface area contributed by atoms with Crippen molar-refractivity contribution >= 4 is 94.6 Å². The van der Waals surface area contributed by atoms with Gasteiger partial charge in [0.15, 0.2) is 23.3 Å². The van der Waals surface area contributed by atoms with Crippen LogP contribution in [0.15, 0.2) is 0 Å². The summed E-state index contributed by atoms with van der Waals surface area (Å²) in [4.78, 5) is 211. The zero-order chi connectivity index (χ0) is 79.3. The van der Waals surface area contributed by atoms with Crippen LogP contribution in [-0.4, -0.2) is 187 Å². The maximum atomic E-state index is 14.1. The summed E-state index contributed by atoms with van der Waals surface area (Å²) in [5, 5.41) is 36.2. The molecule has 0 aliphatic rings. The molecule has 0 saturated carbocycles. The van der Waals surface area contributed by atoms with Gasteiger partial charge in [-0.2, -0.15) is 0 Å². The summed E-state index contributed by atoms with van der Waals surface area (Å²) in [6.45, 7) is 29.1. The third kappa shape index (κ3) is 25.2. The first kappa shape index (κ1) is 89.4. The van der Waals surface area contributed by atoms with Gasteiger partial charge < -0.3 is 90.2 Å². The van der Waals surface area contributed by atoms with E-state index in [1.165, 1.54) is 152 Å². The Bertz CT molecular complexity index is 3400. The summed E-state index contributed by atoms with van der Waals surface area (Å²) in [6, 6.07) is -10.4. The van der Waals surface area contributed by atoms with E-state index in [0.717, 1.165) is 13.8 Å². The Kier molecular flexibility index (Phi) is 30.2. The molecule has 0 radical (unpaired) electrons. The van der Waals surface area contributed by atoms with E-state index in [-0.39, 0.29) is 0 Å². The molecule has 15 amide bonds. The SMILES string of the molecule is C[C@H](N)C(=O)NC(C)(C)C(=O)N[C@@H](C)C(=O)NC(C)(C)C(=O)N[C@@H](C)C(=O)NC(C)(C)C(=O)N[C@@H](C)C(=O)NC(C)(C)C(=O)N[C@@H](C)C(=O)NC(C)(C)C(=O)N[C@@H](C)C(=O)NC(C)(C)C(=O)N[C@@H](C)C(=O)NC(C)(C)C(=O)N[C@@H](C)C(=O)NC(C)(C)C(=O)OCc1c(F)c(F)c(F)c(F)c1F. The third-order valence-corrected chi connectivity index (χ3v) is 15.2. The van der Waals surface area contributed by atoms with Crippen LogP contribution in [0.25, 0.3) is 0 Å². The molecule has 38 heteroatoms. The molecule has 33 nitrogen and oxygen atoms in total. The number of rotatable bonds is 33. The van der Waals surface area contributed by atoms with Crippen LogP contribution < -0.4 is 85.5 Å². The number of halogens is 5. The maximum absolute atomic E-state index is 14.1. The first-order chi connectivity index (χ1) is 45.4. The summed E-state index contributed by atoms with van der Waals surface area (Å²) in [5.74, 6) is -25.9. The largest absolute Gasteiger partial charge is 0.459 e. The number of nitrogens with two attached hydrogens (primary N) is 1. The van der Waals surface area contributed by atoms with Gasteiger partial charge in [0, 0.05) is 0 Å². The normalized spacial score (nSPS) is 14.6. The molecule has 0 spiro atoms. The van der Waals surface area contributed by atoms with Crippen LogP contribution in [0, 0.1) is 29.1 Å². The average Bonchev–Trinajstić information content (AvgIpc) is 0.807. The summed E-state index contributed by atoms with van der Waals surface area (Å²) in [6.07, 6.45) is 0. The van der Waals surface area contributed by atoms with E-state index in [0.29, 0.717) is 0 Å². The Balaban J connectivity index is 2.81. The molecule has 0 aliphatic carbocycles. The molecular weight excluding hydrogens is 1350 g/mol. The number of esters is 1. The van der Waals surface area contributed by atoms with Gasteiger partial charge in [-0.1, -0.05) is 0 Å². The third-order valence-electron chi connectivity index (χ3n) is 15.2. The molecule has 0 saturated heterocycles. The minimum absolute atomic E-state index is 0.611. The molecule has 0 aliphatic heterocycles. The highest BCUT2D eigenvalue weighted by molar-refractivity contribution is 6.03. The Morgan fingerprint density at radius 1 is 0.277 bits per heavy atom.